The van der Waals surface area contributed by atoms with Gasteiger partial charge in [-0.1, -0.05) is 55.9 Å². The maximum atomic E-state index is 9.73. The van der Waals surface area contributed by atoms with Crippen LogP contribution in [0.3, 0.4) is 0 Å². The summed E-state index contributed by atoms with van der Waals surface area (Å²) in [5.74, 6) is 7.18. The highest BCUT2D eigenvalue weighted by Gasteiger charge is 1.96. The van der Waals surface area contributed by atoms with Crippen LogP contribution >= 0.6 is 0 Å². The van der Waals surface area contributed by atoms with E-state index in [1.807, 2.05) is 12.2 Å². The van der Waals surface area contributed by atoms with Crippen LogP contribution in [0.4, 0.5) is 0 Å². The summed E-state index contributed by atoms with van der Waals surface area (Å²) in [6.45, 7) is 7.27. The first-order valence-electron chi connectivity index (χ1n) is 9.10. The molecule has 0 amide bonds. The predicted molar refractivity (Wildman–Crippen MR) is 109 cm³/mol. The Bertz CT molecular complexity index is 445. The van der Waals surface area contributed by atoms with Crippen LogP contribution in [0, 0.1) is 24.2 Å². The van der Waals surface area contributed by atoms with Gasteiger partial charge in [-0.2, -0.15) is 0 Å². The summed E-state index contributed by atoms with van der Waals surface area (Å²) >= 11 is 0. The third-order valence-corrected chi connectivity index (χ3v) is 2.56. The molecule has 0 spiro atoms. The molecule has 0 aliphatic rings. The highest BCUT2D eigenvalue weighted by atomic mass is 16.3. The Labute approximate surface area is 160 Å². The second-order valence-electron chi connectivity index (χ2n) is 5.40. The average molecular weight is 365 g/mol. The Hall–Kier alpha value is -1.85. The highest BCUT2D eigenvalue weighted by molar-refractivity contribution is 5.49. The van der Waals surface area contributed by atoms with E-state index in [0.29, 0.717) is 12.8 Å². The predicted octanol–water partition coefficient (Wildman–Crippen LogP) is 3.41. The zero-order valence-electron chi connectivity index (χ0n) is 16.7. The van der Waals surface area contributed by atoms with E-state index in [2.05, 4.69) is 50.2 Å². The SMILES string of the molecule is C#CC(C)O.CC/C=C/CCC(O)C#CC(C)O.CC/C=C/CCC=O. The number of aliphatic hydroxyl groups is 3. The Morgan fingerprint density at radius 2 is 1.35 bits per heavy atom. The summed E-state index contributed by atoms with van der Waals surface area (Å²) in [4.78, 5) is 9.73. The van der Waals surface area contributed by atoms with Crippen molar-refractivity contribution in [3.63, 3.8) is 0 Å². The van der Waals surface area contributed by atoms with Gasteiger partial charge in [0.2, 0.25) is 0 Å². The van der Waals surface area contributed by atoms with Crippen LogP contribution in [0.15, 0.2) is 24.3 Å². The molecule has 0 bridgehead atoms. The van der Waals surface area contributed by atoms with Crippen LogP contribution < -0.4 is 0 Å². The number of terminal acetylenes is 1. The molecule has 3 unspecified atom stereocenters. The third-order valence-electron chi connectivity index (χ3n) is 2.56. The minimum absolute atomic E-state index is 0.588. The first kappa shape index (κ1) is 28.9. The summed E-state index contributed by atoms with van der Waals surface area (Å²) in [5.41, 5.74) is 0. The number of aliphatic hydroxyl groups excluding tert-OH is 3. The first-order chi connectivity index (χ1) is 12.3. The van der Waals surface area contributed by atoms with Gasteiger partial charge < -0.3 is 20.1 Å². The smallest absolute Gasteiger partial charge is 0.120 e. The molecule has 0 heterocycles. The van der Waals surface area contributed by atoms with Crippen molar-refractivity contribution in [3.8, 4) is 24.2 Å². The van der Waals surface area contributed by atoms with E-state index < -0.39 is 18.3 Å². The second-order valence-corrected chi connectivity index (χ2v) is 5.40. The summed E-state index contributed by atoms with van der Waals surface area (Å²) in [7, 11) is 0. The van der Waals surface area contributed by atoms with Gasteiger partial charge in [0.15, 0.2) is 0 Å². The van der Waals surface area contributed by atoms with Crippen molar-refractivity contribution in [2.75, 3.05) is 0 Å². The molecular formula is C22H36O4. The molecule has 26 heavy (non-hydrogen) atoms. The molecule has 0 radical (unpaired) electrons. The van der Waals surface area contributed by atoms with Gasteiger partial charge in [0.1, 0.15) is 24.6 Å². The summed E-state index contributed by atoms with van der Waals surface area (Å²) in [6, 6.07) is 0. The largest absolute Gasteiger partial charge is 0.381 e. The minimum Gasteiger partial charge on any atom is -0.381 e. The van der Waals surface area contributed by atoms with Crippen LogP contribution in [-0.2, 0) is 4.79 Å². The lowest BCUT2D eigenvalue weighted by Gasteiger charge is -1.99. The summed E-state index contributed by atoms with van der Waals surface area (Å²) < 4.78 is 0. The van der Waals surface area contributed by atoms with E-state index in [0.717, 1.165) is 32.0 Å². The van der Waals surface area contributed by atoms with Crippen molar-refractivity contribution in [2.45, 2.75) is 84.5 Å². The van der Waals surface area contributed by atoms with Crippen molar-refractivity contribution >= 4 is 6.29 Å². The topological polar surface area (TPSA) is 77.8 Å². The van der Waals surface area contributed by atoms with Gasteiger partial charge >= 0.3 is 0 Å². The zero-order chi connectivity index (χ0) is 20.6. The maximum Gasteiger partial charge on any atom is 0.120 e. The Balaban J connectivity index is -0.000000346. The third kappa shape index (κ3) is 38.0. The maximum absolute atomic E-state index is 9.73. The molecule has 148 valence electrons. The fraction of sp³-hybridized carbons (Fsp3) is 0.591. The first-order valence-corrected chi connectivity index (χ1v) is 9.10. The standard InChI is InChI=1S/C11H18O2.C7H12O.C4H6O/c1-3-4-5-6-7-11(13)9-8-10(2)12;1-2-3-4-5-6-7-8;1-3-4(2)5/h4-5,10-13H,3,6-7H2,1-2H3;3-4,7H,2,5-6H2,1H3;1,4-5H,2H3/b5-4+;4-3+;. The van der Waals surface area contributed by atoms with Gasteiger partial charge in [-0.3, -0.25) is 0 Å². The fourth-order valence-corrected chi connectivity index (χ4v) is 1.28. The van der Waals surface area contributed by atoms with Gasteiger partial charge in [0.05, 0.1) is 0 Å². The fourth-order valence-electron chi connectivity index (χ4n) is 1.28. The van der Waals surface area contributed by atoms with Crippen molar-refractivity contribution in [3.05, 3.63) is 24.3 Å². The molecule has 0 aliphatic carbocycles. The molecular weight excluding hydrogens is 328 g/mol. The van der Waals surface area contributed by atoms with Crippen LogP contribution in [-0.4, -0.2) is 39.9 Å². The molecule has 4 nitrogen and oxygen atoms in total. The van der Waals surface area contributed by atoms with E-state index >= 15 is 0 Å². The number of carbonyl (C=O) groups excluding carboxylic acids is 1. The van der Waals surface area contributed by atoms with Crippen LogP contribution in [0.1, 0.15) is 66.2 Å². The van der Waals surface area contributed by atoms with Gasteiger partial charge in [-0.05, 0) is 46.0 Å². The normalized spacial score (nSPS) is 13.2. The lowest BCUT2D eigenvalue weighted by Crippen LogP contribution is -2.03. The van der Waals surface area contributed by atoms with E-state index in [1.165, 1.54) is 0 Å². The van der Waals surface area contributed by atoms with E-state index in [4.69, 9.17) is 10.2 Å². The van der Waals surface area contributed by atoms with E-state index in [1.54, 1.807) is 13.8 Å². The molecule has 0 saturated heterocycles. The van der Waals surface area contributed by atoms with Gasteiger partial charge in [-0.15, -0.1) is 6.42 Å². The molecule has 0 aromatic heterocycles. The molecule has 0 aliphatic heterocycles. The molecule has 0 rings (SSSR count). The number of hydrogen-bond donors (Lipinski definition) is 3. The van der Waals surface area contributed by atoms with Crippen LogP contribution in [0.2, 0.25) is 0 Å². The summed E-state index contributed by atoms with van der Waals surface area (Å²) in [5, 5.41) is 26.2. The van der Waals surface area contributed by atoms with Crippen LogP contribution in [0.5, 0.6) is 0 Å². The zero-order valence-corrected chi connectivity index (χ0v) is 16.7. The number of aldehydes is 1. The van der Waals surface area contributed by atoms with Crippen LogP contribution in [0.25, 0.3) is 0 Å². The van der Waals surface area contributed by atoms with Gasteiger partial charge in [0.25, 0.3) is 0 Å². The molecule has 3 atom stereocenters. The minimum atomic E-state index is -0.652. The van der Waals surface area contributed by atoms with E-state index in [9.17, 15) is 9.90 Å². The molecule has 0 aromatic rings. The van der Waals surface area contributed by atoms with Crippen molar-refractivity contribution in [2.24, 2.45) is 0 Å². The molecule has 0 aromatic carbocycles. The van der Waals surface area contributed by atoms with Crippen molar-refractivity contribution in [1.82, 2.24) is 0 Å². The quantitative estimate of drug-likeness (QED) is 0.267. The number of rotatable bonds is 8. The van der Waals surface area contributed by atoms with Crippen molar-refractivity contribution in [1.29, 1.82) is 0 Å². The highest BCUT2D eigenvalue weighted by Crippen LogP contribution is 1.97. The molecule has 3 N–H and O–H groups in total. The monoisotopic (exact) mass is 364 g/mol. The number of allylic oxidation sites excluding steroid dienone is 4. The molecule has 0 saturated carbocycles. The van der Waals surface area contributed by atoms with Crippen molar-refractivity contribution < 1.29 is 20.1 Å². The Morgan fingerprint density at radius 3 is 1.73 bits per heavy atom. The number of hydrogen-bond acceptors (Lipinski definition) is 4. The summed E-state index contributed by atoms with van der Waals surface area (Å²) in [6.07, 6.45) is 17.1. The van der Waals surface area contributed by atoms with Gasteiger partial charge in [-0.25, -0.2) is 0 Å². The lowest BCUT2D eigenvalue weighted by atomic mass is 10.2. The second kappa shape index (κ2) is 25.4. The van der Waals surface area contributed by atoms with Gasteiger partial charge in [0, 0.05) is 6.42 Å². The number of carbonyl (C=O) groups is 1. The Kier molecular flexibility index (Phi) is 28.3. The lowest BCUT2D eigenvalue weighted by molar-refractivity contribution is -0.107. The molecule has 0 fully saturated rings. The Morgan fingerprint density at radius 1 is 0.846 bits per heavy atom. The molecule has 4 heteroatoms. The number of unbranched alkanes of at least 4 members (excludes halogenated alkanes) is 1. The van der Waals surface area contributed by atoms with E-state index in [-0.39, 0.29) is 0 Å². The average Bonchev–Trinajstić information content (AvgIpc) is 2.62.